The van der Waals surface area contributed by atoms with Crippen LogP contribution in [0.3, 0.4) is 0 Å². The minimum atomic E-state index is -0.789. The Morgan fingerprint density at radius 2 is 2.00 bits per heavy atom. The molecule has 0 spiro atoms. The second kappa shape index (κ2) is 4.68. The molecule has 7 heteroatoms. The van der Waals surface area contributed by atoms with E-state index in [2.05, 4.69) is 4.98 Å². The molecular formula is C13H8F2N2O2S. The molecule has 0 amide bonds. The van der Waals surface area contributed by atoms with Gasteiger partial charge >= 0.3 is 5.69 Å². The number of hydrogen-bond donors (Lipinski definition) is 1. The van der Waals surface area contributed by atoms with Crippen molar-refractivity contribution >= 4 is 21.6 Å². The highest BCUT2D eigenvalue weighted by Gasteiger charge is 2.11. The van der Waals surface area contributed by atoms with Gasteiger partial charge in [0.2, 0.25) is 0 Å². The molecule has 1 aromatic carbocycles. The highest BCUT2D eigenvalue weighted by molar-refractivity contribution is 7.17. The number of rotatable bonds is 2. The highest BCUT2D eigenvalue weighted by atomic mass is 32.1. The van der Waals surface area contributed by atoms with Crippen LogP contribution in [0.15, 0.2) is 39.2 Å². The topological polar surface area (TPSA) is 54.9 Å². The van der Waals surface area contributed by atoms with Crippen LogP contribution in [0.4, 0.5) is 8.78 Å². The Morgan fingerprint density at radius 3 is 2.75 bits per heavy atom. The molecule has 0 saturated heterocycles. The first-order valence-electron chi connectivity index (χ1n) is 5.70. The van der Waals surface area contributed by atoms with Gasteiger partial charge in [-0.2, -0.15) is 0 Å². The molecule has 0 aliphatic heterocycles. The maximum Gasteiger partial charge on any atom is 0.329 e. The molecule has 4 nitrogen and oxygen atoms in total. The molecule has 3 aromatic rings. The number of nitrogens with one attached hydrogen (secondary N) is 1. The Morgan fingerprint density at radius 1 is 1.20 bits per heavy atom. The van der Waals surface area contributed by atoms with Gasteiger partial charge in [0.05, 0.1) is 12.1 Å². The maximum absolute atomic E-state index is 13.6. The molecule has 0 unspecified atom stereocenters. The monoisotopic (exact) mass is 294 g/mol. The van der Waals surface area contributed by atoms with Crippen LogP contribution in [0.25, 0.3) is 10.2 Å². The Bertz CT molecular complexity index is 911. The van der Waals surface area contributed by atoms with E-state index in [9.17, 15) is 18.4 Å². The van der Waals surface area contributed by atoms with Crippen molar-refractivity contribution in [2.24, 2.45) is 0 Å². The number of H-pyrrole nitrogens is 1. The summed E-state index contributed by atoms with van der Waals surface area (Å²) in [5, 5.41) is 1.69. The van der Waals surface area contributed by atoms with Crippen molar-refractivity contribution < 1.29 is 8.78 Å². The lowest BCUT2D eigenvalue weighted by Gasteiger charge is -2.06. The van der Waals surface area contributed by atoms with Gasteiger partial charge in [0.25, 0.3) is 5.56 Å². The molecule has 0 fully saturated rings. The molecule has 2 aromatic heterocycles. The molecule has 0 atom stereocenters. The molecule has 0 aliphatic carbocycles. The summed E-state index contributed by atoms with van der Waals surface area (Å²) in [5.41, 5.74) is -0.567. The molecular weight excluding hydrogens is 286 g/mol. The number of nitrogens with zero attached hydrogens (tertiary/aromatic N) is 1. The average molecular weight is 294 g/mol. The summed E-state index contributed by atoms with van der Waals surface area (Å²) in [6.07, 6.45) is 0. The Balaban J connectivity index is 2.15. The number of fused-ring (bicyclic) bond motifs is 1. The number of aromatic nitrogens is 2. The molecule has 20 heavy (non-hydrogen) atoms. The Hall–Kier alpha value is -2.28. The van der Waals surface area contributed by atoms with Crippen molar-refractivity contribution in [3.05, 3.63) is 67.7 Å². The maximum atomic E-state index is 13.6. The molecule has 3 rings (SSSR count). The van der Waals surface area contributed by atoms with Crippen LogP contribution in [0.1, 0.15) is 5.56 Å². The first-order valence-corrected chi connectivity index (χ1v) is 6.58. The standard InChI is InChI=1S/C13H8F2N2O2S/c14-8-2-1-7(9(15)5-8)6-17-12(18)11-10(3-4-20-11)16-13(17)19/h1-5H,6H2,(H,16,19). The quantitative estimate of drug-likeness (QED) is 0.786. The number of aromatic amines is 1. The number of benzene rings is 1. The van der Waals surface area contributed by atoms with Crippen LogP contribution in [-0.2, 0) is 6.54 Å². The van der Waals surface area contributed by atoms with Gasteiger partial charge in [-0.3, -0.25) is 9.36 Å². The zero-order chi connectivity index (χ0) is 14.3. The molecule has 2 heterocycles. The van der Waals surface area contributed by atoms with Gasteiger partial charge in [-0.1, -0.05) is 6.07 Å². The molecule has 0 aliphatic rings. The molecule has 102 valence electrons. The number of hydrogen-bond acceptors (Lipinski definition) is 3. The first-order chi connectivity index (χ1) is 9.56. The fourth-order valence-electron chi connectivity index (χ4n) is 1.93. The normalized spacial score (nSPS) is 11.1. The van der Waals surface area contributed by atoms with E-state index in [4.69, 9.17) is 0 Å². The molecule has 0 bridgehead atoms. The Kier molecular flexibility index (Phi) is 2.98. The zero-order valence-electron chi connectivity index (χ0n) is 10.0. The SMILES string of the molecule is O=c1[nH]c2ccsc2c(=O)n1Cc1ccc(F)cc1F. The summed E-state index contributed by atoms with van der Waals surface area (Å²) in [5.74, 6) is -1.50. The van der Waals surface area contributed by atoms with Crippen LogP contribution < -0.4 is 11.2 Å². The van der Waals surface area contributed by atoms with Crippen LogP contribution in [0.5, 0.6) is 0 Å². The second-order valence-electron chi connectivity index (χ2n) is 4.22. The number of thiophene rings is 1. The predicted molar refractivity (Wildman–Crippen MR) is 72.2 cm³/mol. The lowest BCUT2D eigenvalue weighted by molar-refractivity contribution is 0.561. The highest BCUT2D eigenvalue weighted by Crippen LogP contribution is 2.13. The van der Waals surface area contributed by atoms with E-state index in [-0.39, 0.29) is 12.1 Å². The van der Waals surface area contributed by atoms with Gasteiger partial charge in [0.1, 0.15) is 16.3 Å². The van der Waals surface area contributed by atoms with Crippen molar-refractivity contribution in [1.82, 2.24) is 9.55 Å². The van der Waals surface area contributed by atoms with E-state index >= 15 is 0 Å². The largest absolute Gasteiger partial charge is 0.329 e. The number of halogens is 2. The molecule has 1 N–H and O–H groups in total. The van der Waals surface area contributed by atoms with Crippen LogP contribution in [-0.4, -0.2) is 9.55 Å². The summed E-state index contributed by atoms with van der Waals surface area (Å²) < 4.78 is 27.7. The van der Waals surface area contributed by atoms with E-state index in [1.54, 1.807) is 11.4 Å². The van der Waals surface area contributed by atoms with Crippen LogP contribution in [0, 0.1) is 11.6 Å². The van der Waals surface area contributed by atoms with E-state index in [1.807, 2.05) is 0 Å². The van der Waals surface area contributed by atoms with Crippen molar-refractivity contribution in [3.8, 4) is 0 Å². The third-order valence-corrected chi connectivity index (χ3v) is 3.84. The van der Waals surface area contributed by atoms with E-state index < -0.39 is 22.9 Å². The molecule has 0 saturated carbocycles. The van der Waals surface area contributed by atoms with E-state index in [0.717, 1.165) is 16.7 Å². The van der Waals surface area contributed by atoms with Gasteiger partial charge in [0.15, 0.2) is 0 Å². The third-order valence-electron chi connectivity index (χ3n) is 2.93. The van der Waals surface area contributed by atoms with Gasteiger partial charge in [-0.25, -0.2) is 13.6 Å². The lowest BCUT2D eigenvalue weighted by atomic mass is 10.2. The minimum Gasteiger partial charge on any atom is -0.306 e. The van der Waals surface area contributed by atoms with Crippen molar-refractivity contribution in [2.45, 2.75) is 6.54 Å². The summed E-state index contributed by atoms with van der Waals surface area (Å²) in [4.78, 5) is 26.6. The fourth-order valence-corrected chi connectivity index (χ4v) is 2.73. The summed E-state index contributed by atoms with van der Waals surface area (Å²) >= 11 is 1.20. The van der Waals surface area contributed by atoms with Crippen molar-refractivity contribution in [3.63, 3.8) is 0 Å². The van der Waals surface area contributed by atoms with Crippen LogP contribution in [0.2, 0.25) is 0 Å². The van der Waals surface area contributed by atoms with E-state index in [1.165, 1.54) is 17.4 Å². The minimum absolute atomic E-state index is 0.0786. The molecule has 0 radical (unpaired) electrons. The van der Waals surface area contributed by atoms with Gasteiger partial charge in [0, 0.05) is 11.6 Å². The van der Waals surface area contributed by atoms with Crippen molar-refractivity contribution in [2.75, 3.05) is 0 Å². The van der Waals surface area contributed by atoms with Gasteiger partial charge < -0.3 is 4.98 Å². The fraction of sp³-hybridized carbons (Fsp3) is 0.0769. The first kappa shape index (κ1) is 12.7. The predicted octanol–water partition coefficient (Wildman–Crippen LogP) is 2.08. The van der Waals surface area contributed by atoms with Gasteiger partial charge in [-0.15, -0.1) is 11.3 Å². The third kappa shape index (κ3) is 2.05. The zero-order valence-corrected chi connectivity index (χ0v) is 10.8. The van der Waals surface area contributed by atoms with E-state index in [0.29, 0.717) is 10.2 Å². The summed E-state index contributed by atoms with van der Waals surface area (Å²) in [6.45, 7) is -0.242. The van der Waals surface area contributed by atoms with Crippen LogP contribution >= 0.6 is 11.3 Å². The smallest absolute Gasteiger partial charge is 0.306 e. The van der Waals surface area contributed by atoms with Crippen molar-refractivity contribution in [1.29, 1.82) is 0 Å². The second-order valence-corrected chi connectivity index (χ2v) is 5.14. The summed E-state index contributed by atoms with van der Waals surface area (Å²) in [7, 11) is 0. The average Bonchev–Trinajstić information content (AvgIpc) is 2.85. The summed E-state index contributed by atoms with van der Waals surface area (Å²) in [6, 6.07) is 4.65. The Labute approximate surface area is 114 Å². The lowest BCUT2D eigenvalue weighted by Crippen LogP contribution is -2.35. The van der Waals surface area contributed by atoms with Gasteiger partial charge in [-0.05, 0) is 17.5 Å².